The van der Waals surface area contributed by atoms with Crippen LogP contribution in [-0.4, -0.2) is 27.7 Å². The third-order valence-corrected chi connectivity index (χ3v) is 5.15. The van der Waals surface area contributed by atoms with Crippen molar-refractivity contribution in [2.75, 3.05) is 12.4 Å². The zero-order valence-corrected chi connectivity index (χ0v) is 18.5. The van der Waals surface area contributed by atoms with Gasteiger partial charge < -0.3 is 14.8 Å². The van der Waals surface area contributed by atoms with Crippen LogP contribution in [-0.2, 0) is 0 Å². The molecule has 2 heterocycles. The lowest BCUT2D eigenvalue weighted by atomic mass is 10.1. The van der Waals surface area contributed by atoms with E-state index < -0.39 is 0 Å². The van der Waals surface area contributed by atoms with Crippen molar-refractivity contribution >= 4 is 33.7 Å². The molecule has 4 rings (SSSR count). The molecule has 0 saturated carbocycles. The first-order chi connectivity index (χ1) is 14.3. The van der Waals surface area contributed by atoms with E-state index in [1.165, 1.54) is 0 Å². The van der Waals surface area contributed by atoms with Crippen molar-refractivity contribution in [3.05, 3.63) is 53.1 Å². The molecule has 4 aromatic rings. The van der Waals surface area contributed by atoms with Gasteiger partial charge in [-0.05, 0) is 45.9 Å². The average Bonchev–Trinajstić information content (AvgIpc) is 3.13. The second kappa shape index (κ2) is 7.91. The maximum atomic E-state index is 6.04. The molecule has 0 atom stereocenters. The maximum absolute atomic E-state index is 6.04. The lowest BCUT2D eigenvalue weighted by Gasteiger charge is -2.23. The Morgan fingerprint density at radius 1 is 1.03 bits per heavy atom. The van der Waals surface area contributed by atoms with Crippen molar-refractivity contribution in [2.45, 2.75) is 33.3 Å². The van der Waals surface area contributed by atoms with Gasteiger partial charge in [0, 0.05) is 28.1 Å². The maximum Gasteiger partial charge on any atom is 0.164 e. The first-order valence-electron chi connectivity index (χ1n) is 9.64. The van der Waals surface area contributed by atoms with Crippen LogP contribution in [0.5, 0.6) is 11.5 Å². The van der Waals surface area contributed by atoms with E-state index in [1.54, 1.807) is 24.8 Å². The number of hydrogen-bond acceptors (Lipinski definition) is 7. The van der Waals surface area contributed by atoms with E-state index in [1.807, 2.05) is 52.0 Å². The van der Waals surface area contributed by atoms with Gasteiger partial charge in [0.05, 0.1) is 23.3 Å². The summed E-state index contributed by atoms with van der Waals surface area (Å²) in [5.74, 6) is 2.00. The summed E-state index contributed by atoms with van der Waals surface area (Å²) in [6.45, 7) is 8.01. The number of methoxy groups -OCH3 is 1. The quantitative estimate of drug-likeness (QED) is 0.428. The SMILES string of the molecule is COc1cc2c(Nc3cccc(-c4csc(C)n4)c3)ncnc2cc1OC(C)(C)C. The van der Waals surface area contributed by atoms with Crippen molar-refractivity contribution in [1.82, 2.24) is 15.0 Å². The minimum Gasteiger partial charge on any atom is -0.493 e. The van der Waals surface area contributed by atoms with Gasteiger partial charge in [-0.2, -0.15) is 0 Å². The number of aryl methyl sites for hydroxylation is 1. The minimum atomic E-state index is -0.344. The van der Waals surface area contributed by atoms with Crippen LogP contribution in [0.1, 0.15) is 25.8 Å². The molecule has 0 spiro atoms. The zero-order chi connectivity index (χ0) is 21.3. The lowest BCUT2D eigenvalue weighted by Crippen LogP contribution is -2.23. The number of fused-ring (bicyclic) bond motifs is 1. The van der Waals surface area contributed by atoms with Gasteiger partial charge in [-0.15, -0.1) is 11.3 Å². The predicted molar refractivity (Wildman–Crippen MR) is 122 cm³/mol. The molecule has 30 heavy (non-hydrogen) atoms. The number of ether oxygens (including phenoxy) is 2. The number of rotatable bonds is 5. The van der Waals surface area contributed by atoms with Gasteiger partial charge in [-0.1, -0.05) is 12.1 Å². The van der Waals surface area contributed by atoms with E-state index in [4.69, 9.17) is 9.47 Å². The predicted octanol–water partition coefficient (Wildman–Crippen LogP) is 5.99. The molecule has 0 amide bonds. The highest BCUT2D eigenvalue weighted by atomic mass is 32.1. The van der Waals surface area contributed by atoms with Crippen molar-refractivity contribution in [1.29, 1.82) is 0 Å². The Kier molecular flexibility index (Phi) is 5.30. The second-order valence-electron chi connectivity index (χ2n) is 7.91. The second-order valence-corrected chi connectivity index (χ2v) is 8.98. The van der Waals surface area contributed by atoms with E-state index in [0.29, 0.717) is 17.3 Å². The summed E-state index contributed by atoms with van der Waals surface area (Å²) >= 11 is 1.64. The summed E-state index contributed by atoms with van der Waals surface area (Å²) in [6.07, 6.45) is 1.55. The summed E-state index contributed by atoms with van der Waals surface area (Å²) in [5.41, 5.74) is 3.38. The summed E-state index contributed by atoms with van der Waals surface area (Å²) in [5, 5.41) is 7.38. The van der Waals surface area contributed by atoms with Gasteiger partial charge in [-0.25, -0.2) is 15.0 Å². The Balaban J connectivity index is 1.71. The molecule has 0 fully saturated rings. The Labute approximate surface area is 179 Å². The van der Waals surface area contributed by atoms with Crippen LogP contribution in [0.4, 0.5) is 11.5 Å². The number of benzene rings is 2. The van der Waals surface area contributed by atoms with Gasteiger partial charge in [0.25, 0.3) is 0 Å². The fourth-order valence-corrected chi connectivity index (χ4v) is 3.74. The summed E-state index contributed by atoms with van der Waals surface area (Å²) in [7, 11) is 1.63. The number of aromatic nitrogens is 3. The van der Waals surface area contributed by atoms with Gasteiger partial charge in [0.2, 0.25) is 0 Å². The molecule has 7 heteroatoms. The average molecular weight is 421 g/mol. The van der Waals surface area contributed by atoms with Crippen LogP contribution in [0, 0.1) is 6.92 Å². The number of nitrogens with one attached hydrogen (secondary N) is 1. The van der Waals surface area contributed by atoms with Crippen molar-refractivity contribution < 1.29 is 9.47 Å². The Morgan fingerprint density at radius 3 is 2.57 bits per heavy atom. The lowest BCUT2D eigenvalue weighted by molar-refractivity contribution is 0.126. The van der Waals surface area contributed by atoms with E-state index >= 15 is 0 Å². The molecule has 1 N–H and O–H groups in total. The molecule has 2 aromatic carbocycles. The van der Waals surface area contributed by atoms with Crippen molar-refractivity contribution in [3.63, 3.8) is 0 Å². The highest BCUT2D eigenvalue weighted by molar-refractivity contribution is 7.09. The molecule has 0 radical (unpaired) electrons. The fourth-order valence-electron chi connectivity index (χ4n) is 3.12. The van der Waals surface area contributed by atoms with Crippen molar-refractivity contribution in [3.8, 4) is 22.8 Å². The Bertz CT molecular complexity index is 1200. The number of anilines is 2. The molecule has 154 valence electrons. The minimum absolute atomic E-state index is 0.344. The number of nitrogens with zero attached hydrogens (tertiary/aromatic N) is 3. The first-order valence-corrected chi connectivity index (χ1v) is 10.5. The summed E-state index contributed by atoms with van der Waals surface area (Å²) in [6, 6.07) is 11.9. The molecule has 0 aliphatic carbocycles. The standard InChI is InChI=1S/C23H24N4O2S/c1-14-26-19(12-30-14)15-7-6-8-16(9-15)27-22-17-10-20(28-5)21(29-23(2,3)4)11-18(17)24-13-25-22/h6-13H,1-5H3,(H,24,25,27). The number of hydrogen-bond donors (Lipinski definition) is 1. The van der Waals surface area contributed by atoms with E-state index in [0.717, 1.165) is 32.9 Å². The third kappa shape index (κ3) is 4.36. The monoisotopic (exact) mass is 420 g/mol. The molecule has 2 aromatic heterocycles. The molecule has 0 aliphatic rings. The summed E-state index contributed by atoms with van der Waals surface area (Å²) < 4.78 is 11.6. The molecule has 0 unspecified atom stereocenters. The smallest absolute Gasteiger partial charge is 0.164 e. The molecule has 0 aliphatic heterocycles. The molecule has 6 nitrogen and oxygen atoms in total. The van der Waals surface area contributed by atoms with E-state index in [-0.39, 0.29) is 5.60 Å². The highest BCUT2D eigenvalue weighted by Crippen LogP contribution is 2.36. The molecule has 0 saturated heterocycles. The van der Waals surface area contributed by atoms with Crippen LogP contribution in [0.25, 0.3) is 22.2 Å². The largest absolute Gasteiger partial charge is 0.493 e. The Morgan fingerprint density at radius 2 is 1.87 bits per heavy atom. The van der Waals surface area contributed by atoms with Gasteiger partial charge in [0.15, 0.2) is 11.5 Å². The van der Waals surface area contributed by atoms with Crippen LogP contribution < -0.4 is 14.8 Å². The molecular formula is C23H24N4O2S. The van der Waals surface area contributed by atoms with Gasteiger partial charge in [-0.3, -0.25) is 0 Å². The van der Waals surface area contributed by atoms with Crippen LogP contribution in [0.2, 0.25) is 0 Å². The zero-order valence-electron chi connectivity index (χ0n) is 17.7. The molecular weight excluding hydrogens is 396 g/mol. The summed E-state index contributed by atoms with van der Waals surface area (Å²) in [4.78, 5) is 13.5. The topological polar surface area (TPSA) is 69.2 Å². The van der Waals surface area contributed by atoms with Crippen molar-refractivity contribution in [2.24, 2.45) is 0 Å². The fraction of sp³-hybridized carbons (Fsp3) is 0.261. The van der Waals surface area contributed by atoms with Gasteiger partial charge >= 0.3 is 0 Å². The highest BCUT2D eigenvalue weighted by Gasteiger charge is 2.18. The normalized spacial score (nSPS) is 11.5. The third-order valence-electron chi connectivity index (χ3n) is 4.38. The molecule has 0 bridgehead atoms. The van der Waals surface area contributed by atoms with Crippen LogP contribution >= 0.6 is 11.3 Å². The van der Waals surface area contributed by atoms with Crippen LogP contribution in [0.15, 0.2) is 48.1 Å². The van der Waals surface area contributed by atoms with E-state index in [9.17, 15) is 0 Å². The number of thiazole rings is 1. The first kappa shape index (κ1) is 20.1. The Hall–Kier alpha value is -3.19. The van der Waals surface area contributed by atoms with Gasteiger partial charge in [0.1, 0.15) is 17.7 Å². The van der Waals surface area contributed by atoms with Crippen LogP contribution in [0.3, 0.4) is 0 Å². The van der Waals surface area contributed by atoms with E-state index in [2.05, 4.69) is 37.8 Å².